The predicted molar refractivity (Wildman–Crippen MR) is 333 cm³/mol. The fraction of sp³-hybridized carbons (Fsp3) is 0.672. The number of hydrogen-bond acceptors (Lipinski definition) is 14. The largest absolute Gasteiger partial charge is 0.445 e. The Kier molecular flexibility index (Phi) is 31.9. The molecule has 87 heavy (non-hydrogen) atoms. The van der Waals surface area contributed by atoms with Gasteiger partial charge in [0, 0.05) is 60.4 Å². The van der Waals surface area contributed by atoms with Gasteiger partial charge in [0.2, 0.25) is 47.3 Å². The Labute approximate surface area is 516 Å². The van der Waals surface area contributed by atoms with Crippen molar-refractivity contribution in [1.29, 1.82) is 0 Å². The minimum Gasteiger partial charge on any atom is -0.445 e. The maximum absolute atomic E-state index is 14.8. The molecule has 1 aliphatic rings. The molecule has 0 bridgehead atoms. The van der Waals surface area contributed by atoms with Crippen LogP contribution in [0, 0.1) is 29.6 Å². The molecule has 0 saturated carbocycles. The SMILES string of the molecule is CC[C@@H](C)[C@H]([C@H](CC(=O)N1CCC[C@@H]1[C@@H](OC)[C@H](C)C(=O)N[C@@H](C)[C@H](O)c1ccccc1)OC)N(C)C(=O)[C@H](NC(=O)[C@@H](C(C)C)N(C)C(=O)OCc1ccc(NC(=O)[C@@H](CCCCN)NC(=O)[C@H](NC(=O)CCCC(=O)NC)C(C)C)cc1)C(C)C. The highest BCUT2D eigenvalue weighted by Crippen LogP contribution is 2.30. The lowest BCUT2D eigenvalue weighted by molar-refractivity contribution is -0.148. The molecule has 1 aliphatic heterocycles. The first-order chi connectivity index (χ1) is 41.2. The van der Waals surface area contributed by atoms with Gasteiger partial charge in [0.15, 0.2) is 0 Å². The number of carbonyl (C=O) groups is 9. The number of amides is 9. The second-order valence-electron chi connectivity index (χ2n) is 24.2. The van der Waals surface area contributed by atoms with Gasteiger partial charge in [0.1, 0.15) is 30.8 Å². The Balaban J connectivity index is 1.69. The van der Waals surface area contributed by atoms with Crippen LogP contribution in [0.15, 0.2) is 54.6 Å². The molecule has 1 fully saturated rings. The molecular formula is C64H104N10O13. The van der Waals surface area contributed by atoms with Crippen LogP contribution in [0.25, 0.3) is 0 Å². The molecule has 0 aliphatic carbocycles. The van der Waals surface area contributed by atoms with E-state index in [1.165, 1.54) is 33.2 Å². The predicted octanol–water partition coefficient (Wildman–Crippen LogP) is 5.19. The van der Waals surface area contributed by atoms with Gasteiger partial charge in [-0.05, 0) is 98.9 Å². The van der Waals surface area contributed by atoms with E-state index >= 15 is 0 Å². The van der Waals surface area contributed by atoms with Crippen molar-refractivity contribution in [2.75, 3.05) is 53.8 Å². The third-order valence-corrected chi connectivity index (χ3v) is 16.6. The van der Waals surface area contributed by atoms with Gasteiger partial charge in [-0.2, -0.15) is 0 Å². The Morgan fingerprint density at radius 2 is 1.34 bits per heavy atom. The van der Waals surface area contributed by atoms with Gasteiger partial charge in [-0.25, -0.2) is 4.79 Å². The summed E-state index contributed by atoms with van der Waals surface area (Å²) in [6.45, 7) is 18.8. The molecule has 488 valence electrons. The van der Waals surface area contributed by atoms with Crippen LogP contribution < -0.4 is 37.6 Å². The number of nitrogens with two attached hydrogens (primary N) is 1. The van der Waals surface area contributed by atoms with Crippen LogP contribution >= 0.6 is 0 Å². The molecule has 3 rings (SSSR count). The van der Waals surface area contributed by atoms with Crippen molar-refractivity contribution in [3.63, 3.8) is 0 Å². The molecule has 0 aromatic heterocycles. The molecule has 23 nitrogen and oxygen atoms in total. The van der Waals surface area contributed by atoms with Gasteiger partial charge in [-0.15, -0.1) is 0 Å². The van der Waals surface area contributed by atoms with Gasteiger partial charge < -0.3 is 66.8 Å². The third kappa shape index (κ3) is 22.4. The van der Waals surface area contributed by atoms with Crippen molar-refractivity contribution in [3.05, 3.63) is 65.7 Å². The number of likely N-dealkylation sites (N-methyl/N-ethyl adjacent to an activating group) is 2. The van der Waals surface area contributed by atoms with Crippen LogP contribution in [0.5, 0.6) is 0 Å². The molecular weight excluding hydrogens is 1120 g/mol. The number of aliphatic hydroxyl groups excluding tert-OH is 1. The summed E-state index contributed by atoms with van der Waals surface area (Å²) in [7, 11) is 7.64. The molecule has 23 heteroatoms. The van der Waals surface area contributed by atoms with Crippen LogP contribution in [0.4, 0.5) is 10.5 Å². The highest BCUT2D eigenvalue weighted by molar-refractivity contribution is 5.98. The zero-order chi connectivity index (χ0) is 65.2. The first kappa shape index (κ1) is 74.6. The van der Waals surface area contributed by atoms with E-state index in [1.807, 2.05) is 45.9 Å². The van der Waals surface area contributed by atoms with Crippen LogP contribution in [0.2, 0.25) is 0 Å². The highest BCUT2D eigenvalue weighted by atomic mass is 16.6. The zero-order valence-corrected chi connectivity index (χ0v) is 54.3. The monoisotopic (exact) mass is 1220 g/mol. The average Bonchev–Trinajstić information content (AvgIpc) is 3.49. The maximum Gasteiger partial charge on any atom is 0.410 e. The molecule has 12 atom stereocenters. The highest BCUT2D eigenvalue weighted by Gasteiger charge is 2.44. The smallest absolute Gasteiger partial charge is 0.410 e. The number of anilines is 1. The normalized spacial score (nSPS) is 17.1. The Morgan fingerprint density at radius 3 is 1.91 bits per heavy atom. The van der Waals surface area contributed by atoms with Crippen molar-refractivity contribution in [2.24, 2.45) is 35.3 Å². The summed E-state index contributed by atoms with van der Waals surface area (Å²) in [5.41, 5.74) is 7.38. The summed E-state index contributed by atoms with van der Waals surface area (Å²) in [5, 5.41) is 27.7. The summed E-state index contributed by atoms with van der Waals surface area (Å²) in [4.78, 5) is 127. The van der Waals surface area contributed by atoms with Gasteiger partial charge in [0.25, 0.3) is 0 Å². The Hall–Kier alpha value is -6.69. The molecule has 9 N–H and O–H groups in total. The second-order valence-corrected chi connectivity index (χ2v) is 24.2. The number of carbonyl (C=O) groups excluding carboxylic acids is 9. The van der Waals surface area contributed by atoms with Gasteiger partial charge in [0.05, 0.1) is 48.8 Å². The van der Waals surface area contributed by atoms with Crippen molar-refractivity contribution < 1.29 is 62.5 Å². The topological polar surface area (TPSA) is 309 Å². The number of rotatable bonds is 36. The lowest BCUT2D eigenvalue weighted by Crippen LogP contribution is -2.60. The lowest BCUT2D eigenvalue weighted by Gasteiger charge is -2.41. The standard InChI is InChI=1S/C64H104N10O13/c1-16-41(8)56(49(85-14)36-52(77)74-35-23-27-48(74)58(86-15)42(9)59(79)67-43(10)57(78)45-24-18-17-19-25-45)72(12)63(83)54(39(4)5)71-62(82)55(40(6)7)73(13)64(84)87-37-44-30-32-46(33-31-44)68-60(80)47(26-20-21-34-65)69-61(81)53(38(2)3)70-51(76)29-22-28-50(75)66-11/h17-19,24-25,30-33,38-43,47-49,53-58,78H,16,20-23,26-29,34-37,65H2,1-15H3,(H,66,75)(H,67,79)(H,68,80)(H,69,81)(H,70,76)(H,71,82)/t41-,42+,43+,47-,48-,49+,53-,54-,55-,56-,57+,58+/m1/s1. The summed E-state index contributed by atoms with van der Waals surface area (Å²) >= 11 is 0. The van der Waals surface area contributed by atoms with E-state index in [1.54, 1.807) is 94.8 Å². The minimum atomic E-state index is -1.06. The molecule has 0 spiro atoms. The molecule has 2 aromatic rings. The maximum atomic E-state index is 14.8. The first-order valence-electron chi connectivity index (χ1n) is 30.9. The van der Waals surface area contributed by atoms with Gasteiger partial charge >= 0.3 is 6.09 Å². The van der Waals surface area contributed by atoms with E-state index < -0.39 is 108 Å². The number of nitrogens with zero attached hydrogens (tertiary/aromatic N) is 3. The molecule has 9 amide bonds. The lowest BCUT2D eigenvalue weighted by atomic mass is 9.89. The third-order valence-electron chi connectivity index (χ3n) is 16.6. The summed E-state index contributed by atoms with van der Waals surface area (Å²) in [6, 6.07) is 10.0. The van der Waals surface area contributed by atoms with Crippen molar-refractivity contribution >= 4 is 59.0 Å². The van der Waals surface area contributed by atoms with Crippen LogP contribution in [-0.4, -0.2) is 176 Å². The van der Waals surface area contributed by atoms with Crippen molar-refractivity contribution in [3.8, 4) is 0 Å². The first-order valence-corrected chi connectivity index (χ1v) is 30.9. The number of aliphatic hydroxyl groups is 1. The second kappa shape index (κ2) is 37.2. The van der Waals surface area contributed by atoms with Crippen molar-refractivity contribution in [2.45, 2.75) is 201 Å². The van der Waals surface area contributed by atoms with E-state index in [4.69, 9.17) is 19.9 Å². The molecule has 0 unspecified atom stereocenters. The van der Waals surface area contributed by atoms with E-state index in [0.29, 0.717) is 68.4 Å². The molecule has 2 aromatic carbocycles. The Bertz CT molecular complexity index is 2520. The summed E-state index contributed by atoms with van der Waals surface area (Å²) in [6.07, 6.45) is 0.673. The van der Waals surface area contributed by atoms with Crippen LogP contribution in [-0.2, 0) is 59.2 Å². The number of ether oxygens (including phenoxy) is 3. The number of hydrogen-bond donors (Lipinski definition) is 8. The fourth-order valence-electron chi connectivity index (χ4n) is 11.2. The number of methoxy groups -OCH3 is 2. The minimum absolute atomic E-state index is 0.0492. The number of benzene rings is 2. The molecule has 0 radical (unpaired) electrons. The Morgan fingerprint density at radius 1 is 0.713 bits per heavy atom. The summed E-state index contributed by atoms with van der Waals surface area (Å²) < 4.78 is 17.7. The average molecular weight is 1220 g/mol. The number of nitrogens with one attached hydrogen (secondary N) is 6. The van der Waals surface area contributed by atoms with Gasteiger partial charge in [-0.1, -0.05) is 111 Å². The van der Waals surface area contributed by atoms with E-state index in [9.17, 15) is 48.3 Å². The zero-order valence-electron chi connectivity index (χ0n) is 54.3. The van der Waals surface area contributed by atoms with Gasteiger partial charge in [-0.3, -0.25) is 43.3 Å². The van der Waals surface area contributed by atoms with Crippen LogP contribution in [0.3, 0.4) is 0 Å². The van der Waals surface area contributed by atoms with E-state index in [-0.39, 0.29) is 67.8 Å². The van der Waals surface area contributed by atoms with E-state index in [0.717, 1.165) is 0 Å². The van der Waals surface area contributed by atoms with Crippen molar-refractivity contribution in [1.82, 2.24) is 41.3 Å². The molecule has 1 saturated heterocycles. The quantitative estimate of drug-likeness (QED) is 0.0408. The fourth-order valence-corrected chi connectivity index (χ4v) is 11.2. The van der Waals surface area contributed by atoms with Crippen LogP contribution in [0.1, 0.15) is 151 Å². The summed E-state index contributed by atoms with van der Waals surface area (Å²) in [5.74, 6) is -5.08. The number of unbranched alkanes of at least 4 members (excludes halogenated alkanes) is 1. The molecule has 1 heterocycles. The van der Waals surface area contributed by atoms with E-state index in [2.05, 4.69) is 31.9 Å². The number of likely N-dealkylation sites (tertiary alicyclic amines) is 1.